The number of hydrogen-bond acceptors (Lipinski definition) is 4. The summed E-state index contributed by atoms with van der Waals surface area (Å²) in [5, 5.41) is 0. The SMILES string of the molecule is CCOC(=O)C[C@@]1(N)C(=O)N(C(c2ccccc2)(c2ccccc2)c2ccccc2)c2ccccc21. The molecule has 1 amide bonds. The fourth-order valence-corrected chi connectivity index (χ4v) is 5.34. The number of nitrogens with two attached hydrogens (primary N) is 1. The van der Waals surface area contributed by atoms with Gasteiger partial charge >= 0.3 is 5.97 Å². The lowest BCUT2D eigenvalue weighted by Gasteiger charge is -2.44. The third-order valence-corrected chi connectivity index (χ3v) is 6.85. The van der Waals surface area contributed by atoms with E-state index in [0.717, 1.165) is 16.7 Å². The largest absolute Gasteiger partial charge is 0.466 e. The van der Waals surface area contributed by atoms with E-state index in [1.54, 1.807) is 11.8 Å². The molecule has 2 N–H and O–H groups in total. The van der Waals surface area contributed by atoms with Crippen LogP contribution in [0.2, 0.25) is 0 Å². The number of anilines is 1. The molecule has 0 aliphatic carbocycles. The summed E-state index contributed by atoms with van der Waals surface area (Å²) in [6.07, 6.45) is -0.248. The Hall–Kier alpha value is -4.22. The van der Waals surface area contributed by atoms with Crippen LogP contribution in [0.5, 0.6) is 0 Å². The summed E-state index contributed by atoms with van der Waals surface area (Å²) >= 11 is 0. The van der Waals surface area contributed by atoms with E-state index < -0.39 is 17.0 Å². The van der Waals surface area contributed by atoms with Crippen LogP contribution in [0.25, 0.3) is 0 Å². The Kier molecular flexibility index (Phi) is 6.17. The Bertz CT molecular complexity index is 1280. The lowest BCUT2D eigenvalue weighted by Crippen LogP contribution is -2.56. The normalized spacial score (nSPS) is 17.1. The Labute approximate surface area is 211 Å². The van der Waals surface area contributed by atoms with E-state index in [-0.39, 0.29) is 18.9 Å². The van der Waals surface area contributed by atoms with Crippen LogP contribution in [-0.4, -0.2) is 18.5 Å². The van der Waals surface area contributed by atoms with Crippen LogP contribution in [-0.2, 0) is 25.4 Å². The van der Waals surface area contributed by atoms with Crippen LogP contribution in [0.4, 0.5) is 5.69 Å². The lowest BCUT2D eigenvalue weighted by atomic mass is 9.75. The first kappa shape index (κ1) is 23.5. The number of nitrogens with zero attached hydrogens (tertiary/aromatic N) is 1. The molecule has 1 atom stereocenters. The van der Waals surface area contributed by atoms with Gasteiger partial charge in [-0.05, 0) is 29.7 Å². The number of amides is 1. The summed E-state index contributed by atoms with van der Waals surface area (Å²) in [6, 6.07) is 37.3. The number of para-hydroxylation sites is 1. The van der Waals surface area contributed by atoms with Crippen molar-refractivity contribution in [2.75, 3.05) is 11.5 Å². The van der Waals surface area contributed by atoms with E-state index in [9.17, 15) is 9.59 Å². The molecule has 0 aromatic heterocycles. The molecule has 5 rings (SSSR count). The second kappa shape index (κ2) is 9.44. The van der Waals surface area contributed by atoms with Crippen molar-refractivity contribution >= 4 is 17.6 Å². The highest BCUT2D eigenvalue weighted by Crippen LogP contribution is 2.52. The molecule has 4 aromatic rings. The van der Waals surface area contributed by atoms with E-state index >= 15 is 0 Å². The monoisotopic (exact) mass is 476 g/mol. The van der Waals surface area contributed by atoms with Gasteiger partial charge in [0.2, 0.25) is 0 Å². The predicted molar refractivity (Wildman–Crippen MR) is 140 cm³/mol. The summed E-state index contributed by atoms with van der Waals surface area (Å²) in [6.45, 7) is 1.96. The van der Waals surface area contributed by atoms with E-state index in [1.165, 1.54) is 0 Å². The first-order chi connectivity index (χ1) is 17.5. The van der Waals surface area contributed by atoms with Crippen molar-refractivity contribution < 1.29 is 14.3 Å². The van der Waals surface area contributed by atoms with Gasteiger partial charge in [0, 0.05) is 5.56 Å². The highest BCUT2D eigenvalue weighted by atomic mass is 16.5. The first-order valence-electron chi connectivity index (χ1n) is 12.1. The zero-order valence-corrected chi connectivity index (χ0v) is 20.1. The topological polar surface area (TPSA) is 72.6 Å². The number of carbonyl (C=O) groups excluding carboxylic acids is 2. The first-order valence-corrected chi connectivity index (χ1v) is 12.1. The molecule has 5 heteroatoms. The summed E-state index contributed by atoms with van der Waals surface area (Å²) in [5.41, 5.74) is 8.28. The number of carbonyl (C=O) groups is 2. The van der Waals surface area contributed by atoms with Gasteiger partial charge in [-0.1, -0.05) is 109 Å². The van der Waals surface area contributed by atoms with Gasteiger partial charge in [0.25, 0.3) is 5.91 Å². The van der Waals surface area contributed by atoms with Gasteiger partial charge < -0.3 is 10.5 Å². The van der Waals surface area contributed by atoms with Crippen molar-refractivity contribution in [2.45, 2.75) is 24.4 Å². The fraction of sp³-hybridized carbons (Fsp3) is 0.161. The van der Waals surface area contributed by atoms with Crippen LogP contribution in [0, 0.1) is 0 Å². The number of hydrogen-bond donors (Lipinski definition) is 1. The molecule has 0 unspecified atom stereocenters. The van der Waals surface area contributed by atoms with Crippen LogP contribution >= 0.6 is 0 Å². The summed E-state index contributed by atoms with van der Waals surface area (Å²) in [5.74, 6) is -0.858. The minimum absolute atomic E-state index is 0.219. The summed E-state index contributed by atoms with van der Waals surface area (Å²) in [7, 11) is 0. The zero-order valence-electron chi connectivity index (χ0n) is 20.1. The minimum atomic E-state index is -1.56. The Balaban J connectivity index is 1.85. The predicted octanol–water partition coefficient (Wildman–Crippen LogP) is 5.13. The van der Waals surface area contributed by atoms with Crippen LogP contribution < -0.4 is 10.6 Å². The number of benzene rings is 4. The third kappa shape index (κ3) is 3.60. The average Bonchev–Trinajstić information content (AvgIpc) is 3.13. The van der Waals surface area contributed by atoms with Crippen LogP contribution in [0.15, 0.2) is 115 Å². The summed E-state index contributed by atoms with van der Waals surface area (Å²) in [4.78, 5) is 29.0. The van der Waals surface area contributed by atoms with Crippen molar-refractivity contribution in [1.29, 1.82) is 0 Å². The molecular formula is C31H28N2O3. The van der Waals surface area contributed by atoms with Gasteiger partial charge in [-0.2, -0.15) is 0 Å². The second-order valence-corrected chi connectivity index (χ2v) is 8.92. The molecule has 0 radical (unpaired) electrons. The van der Waals surface area contributed by atoms with Crippen LogP contribution in [0.3, 0.4) is 0 Å². The van der Waals surface area contributed by atoms with Gasteiger partial charge in [0.15, 0.2) is 0 Å². The average molecular weight is 477 g/mol. The third-order valence-electron chi connectivity index (χ3n) is 6.85. The molecule has 4 aromatic carbocycles. The van der Waals surface area contributed by atoms with Gasteiger partial charge in [-0.3, -0.25) is 14.5 Å². The van der Waals surface area contributed by atoms with Crippen molar-refractivity contribution in [1.82, 2.24) is 0 Å². The second-order valence-electron chi connectivity index (χ2n) is 8.92. The molecule has 180 valence electrons. The number of ether oxygens (including phenoxy) is 1. The van der Waals surface area contributed by atoms with Crippen LogP contribution in [0.1, 0.15) is 35.6 Å². The van der Waals surface area contributed by atoms with E-state index in [2.05, 4.69) is 0 Å². The molecule has 36 heavy (non-hydrogen) atoms. The number of esters is 1. The van der Waals surface area contributed by atoms with Gasteiger partial charge in [-0.15, -0.1) is 0 Å². The Morgan fingerprint density at radius 3 is 1.69 bits per heavy atom. The van der Waals surface area contributed by atoms with Crippen molar-refractivity contribution in [3.63, 3.8) is 0 Å². The maximum atomic E-state index is 14.6. The van der Waals surface area contributed by atoms with E-state index in [4.69, 9.17) is 10.5 Å². The van der Waals surface area contributed by atoms with Crippen molar-refractivity contribution in [3.05, 3.63) is 138 Å². The standard InChI is InChI=1S/C31H28N2O3/c1-2-36-28(34)22-30(32)26-20-12-13-21-27(26)33(29(30)35)31(23-14-6-3-7-15-23,24-16-8-4-9-17-24)25-18-10-5-11-19-25/h3-21H,2,22,32H2,1H3/t30-/m0/s1. The Morgan fingerprint density at radius 1 is 0.778 bits per heavy atom. The van der Waals surface area contributed by atoms with E-state index in [1.807, 2.05) is 115 Å². The van der Waals surface area contributed by atoms with Gasteiger partial charge in [0.1, 0.15) is 11.1 Å². The smallest absolute Gasteiger partial charge is 0.308 e. The molecule has 0 spiro atoms. The quantitative estimate of drug-likeness (QED) is 0.296. The fourth-order valence-electron chi connectivity index (χ4n) is 5.34. The summed E-state index contributed by atoms with van der Waals surface area (Å²) < 4.78 is 5.22. The maximum Gasteiger partial charge on any atom is 0.308 e. The molecule has 0 bridgehead atoms. The number of rotatable bonds is 7. The minimum Gasteiger partial charge on any atom is -0.466 e. The molecular weight excluding hydrogens is 448 g/mol. The zero-order chi connectivity index (χ0) is 25.2. The van der Waals surface area contributed by atoms with Gasteiger partial charge in [-0.25, -0.2) is 0 Å². The highest BCUT2D eigenvalue weighted by molar-refractivity contribution is 6.11. The molecule has 1 aliphatic heterocycles. The number of fused-ring (bicyclic) bond motifs is 1. The molecule has 0 fully saturated rings. The molecule has 1 heterocycles. The molecule has 0 saturated heterocycles. The molecule has 5 nitrogen and oxygen atoms in total. The molecule has 0 saturated carbocycles. The molecule has 1 aliphatic rings. The maximum absolute atomic E-state index is 14.6. The van der Waals surface area contributed by atoms with Gasteiger partial charge in [0.05, 0.1) is 18.7 Å². The highest BCUT2D eigenvalue weighted by Gasteiger charge is 2.57. The Morgan fingerprint density at radius 2 is 1.22 bits per heavy atom. The van der Waals surface area contributed by atoms with E-state index in [0.29, 0.717) is 11.3 Å². The van der Waals surface area contributed by atoms with Crippen molar-refractivity contribution in [2.24, 2.45) is 5.73 Å². The van der Waals surface area contributed by atoms with Crippen molar-refractivity contribution in [3.8, 4) is 0 Å². The lowest BCUT2D eigenvalue weighted by molar-refractivity contribution is -0.146.